The summed E-state index contributed by atoms with van der Waals surface area (Å²) >= 11 is 2.96. The van der Waals surface area contributed by atoms with Crippen LogP contribution in [0.3, 0.4) is 0 Å². The number of aromatic carboxylic acids is 1. The molecule has 4 nitrogen and oxygen atoms in total. The van der Waals surface area contributed by atoms with Gasteiger partial charge in [0.05, 0.1) is 5.56 Å². The quantitative estimate of drug-likeness (QED) is 0.906. The molecule has 0 atom stereocenters. The topological polar surface area (TPSA) is 63.3 Å². The van der Waals surface area contributed by atoms with Gasteiger partial charge in [0.15, 0.2) is 11.5 Å². The maximum Gasteiger partial charge on any atom is 0.416 e. The lowest BCUT2D eigenvalue weighted by molar-refractivity contribution is -0.137. The van der Waals surface area contributed by atoms with Gasteiger partial charge in [0.2, 0.25) is 0 Å². The van der Waals surface area contributed by atoms with Gasteiger partial charge < -0.3 is 9.63 Å². The van der Waals surface area contributed by atoms with Crippen LogP contribution >= 0.6 is 15.9 Å². The summed E-state index contributed by atoms with van der Waals surface area (Å²) in [7, 11) is 0. The van der Waals surface area contributed by atoms with Crippen molar-refractivity contribution in [1.29, 1.82) is 0 Å². The van der Waals surface area contributed by atoms with E-state index in [0.29, 0.717) is 0 Å². The van der Waals surface area contributed by atoms with Gasteiger partial charge in [0, 0.05) is 16.1 Å². The largest absolute Gasteiger partial charge is 0.476 e. The average Bonchev–Trinajstić information content (AvgIpc) is 2.76. The molecule has 0 aliphatic heterocycles. The molecule has 19 heavy (non-hydrogen) atoms. The average molecular weight is 336 g/mol. The first-order chi connectivity index (χ1) is 8.77. The maximum absolute atomic E-state index is 12.6. The van der Waals surface area contributed by atoms with Gasteiger partial charge in [-0.25, -0.2) is 4.79 Å². The Labute approximate surface area is 113 Å². The molecule has 8 heteroatoms. The SMILES string of the molecule is O=C(O)c1cc(-c2cc(Br)cc(C(F)(F)F)c2)on1. The van der Waals surface area contributed by atoms with E-state index in [9.17, 15) is 18.0 Å². The highest BCUT2D eigenvalue weighted by Crippen LogP contribution is 2.35. The second kappa shape index (κ2) is 4.69. The molecule has 0 radical (unpaired) electrons. The van der Waals surface area contributed by atoms with E-state index in [0.717, 1.165) is 18.2 Å². The number of aromatic nitrogens is 1. The van der Waals surface area contributed by atoms with Gasteiger partial charge in [-0.3, -0.25) is 0 Å². The first-order valence-corrected chi connectivity index (χ1v) is 5.65. The fraction of sp³-hybridized carbons (Fsp3) is 0.0909. The molecule has 1 aromatic carbocycles. The standard InChI is InChI=1S/C11H5BrF3NO3/c12-7-2-5(1-6(3-7)11(13,14)15)9-4-8(10(17)18)16-19-9/h1-4H,(H,17,18). The molecule has 1 heterocycles. The Morgan fingerprint density at radius 2 is 1.95 bits per heavy atom. The van der Waals surface area contributed by atoms with E-state index < -0.39 is 17.7 Å². The molecule has 1 aromatic heterocycles. The van der Waals surface area contributed by atoms with Crippen molar-refractivity contribution in [3.63, 3.8) is 0 Å². The summed E-state index contributed by atoms with van der Waals surface area (Å²) in [6, 6.07) is 4.21. The molecule has 0 spiro atoms. The van der Waals surface area contributed by atoms with Gasteiger partial charge in [0.1, 0.15) is 0 Å². The van der Waals surface area contributed by atoms with Crippen LogP contribution in [0.1, 0.15) is 16.1 Å². The van der Waals surface area contributed by atoms with Crippen molar-refractivity contribution < 1.29 is 27.6 Å². The molecule has 0 unspecified atom stereocenters. The summed E-state index contributed by atoms with van der Waals surface area (Å²) in [5, 5.41) is 11.9. The molecular formula is C11H5BrF3NO3. The predicted molar refractivity (Wildman–Crippen MR) is 61.6 cm³/mol. The number of halogens is 4. The van der Waals surface area contributed by atoms with Crippen molar-refractivity contribution in [2.45, 2.75) is 6.18 Å². The number of hydrogen-bond acceptors (Lipinski definition) is 3. The molecule has 2 rings (SSSR count). The van der Waals surface area contributed by atoms with Crippen molar-refractivity contribution in [3.05, 3.63) is 40.0 Å². The van der Waals surface area contributed by atoms with Crippen LogP contribution in [0.25, 0.3) is 11.3 Å². The van der Waals surface area contributed by atoms with E-state index >= 15 is 0 Å². The Balaban J connectivity index is 2.50. The molecule has 0 aliphatic carbocycles. The van der Waals surface area contributed by atoms with Crippen molar-refractivity contribution in [2.24, 2.45) is 0 Å². The van der Waals surface area contributed by atoms with E-state index in [1.807, 2.05) is 0 Å². The smallest absolute Gasteiger partial charge is 0.416 e. The maximum atomic E-state index is 12.6. The van der Waals surface area contributed by atoms with Crippen molar-refractivity contribution in [2.75, 3.05) is 0 Å². The zero-order valence-corrected chi connectivity index (χ0v) is 10.6. The molecule has 100 valence electrons. The lowest BCUT2D eigenvalue weighted by Gasteiger charge is -2.08. The summed E-state index contributed by atoms with van der Waals surface area (Å²) in [5.41, 5.74) is -1.16. The van der Waals surface area contributed by atoms with Gasteiger partial charge >= 0.3 is 12.1 Å². The molecular weight excluding hydrogens is 331 g/mol. The number of benzene rings is 1. The van der Waals surface area contributed by atoms with Gasteiger partial charge in [-0.2, -0.15) is 13.2 Å². The van der Waals surface area contributed by atoms with Crippen LogP contribution in [-0.2, 0) is 6.18 Å². The van der Waals surface area contributed by atoms with Gasteiger partial charge in [-0.1, -0.05) is 21.1 Å². The number of nitrogens with zero attached hydrogens (tertiary/aromatic N) is 1. The van der Waals surface area contributed by atoms with E-state index in [4.69, 9.17) is 9.63 Å². The zero-order chi connectivity index (χ0) is 14.2. The summed E-state index contributed by atoms with van der Waals surface area (Å²) in [5.74, 6) is -1.37. The Kier molecular flexibility index (Phi) is 3.36. The Hall–Kier alpha value is -1.83. The van der Waals surface area contributed by atoms with Crippen LogP contribution in [0, 0.1) is 0 Å². The van der Waals surface area contributed by atoms with Crippen LogP contribution in [0.15, 0.2) is 33.3 Å². The number of carbonyl (C=O) groups is 1. The number of carboxylic acid groups (broad SMARTS) is 1. The number of carboxylic acids is 1. The predicted octanol–water partition coefficient (Wildman–Crippen LogP) is 3.82. The molecule has 0 saturated heterocycles. The molecule has 2 aromatic rings. The fourth-order valence-electron chi connectivity index (χ4n) is 1.41. The lowest BCUT2D eigenvalue weighted by Crippen LogP contribution is -2.04. The summed E-state index contributed by atoms with van der Waals surface area (Å²) < 4.78 is 42.8. The van der Waals surface area contributed by atoms with E-state index in [-0.39, 0.29) is 21.5 Å². The van der Waals surface area contributed by atoms with Crippen molar-refractivity contribution >= 4 is 21.9 Å². The van der Waals surface area contributed by atoms with Crippen LogP contribution < -0.4 is 0 Å². The van der Waals surface area contributed by atoms with E-state index in [1.165, 1.54) is 6.07 Å². The zero-order valence-electron chi connectivity index (χ0n) is 9.03. The summed E-state index contributed by atoms with van der Waals surface area (Å²) in [6.45, 7) is 0. The minimum absolute atomic E-state index is 0.0517. The van der Waals surface area contributed by atoms with Gasteiger partial charge in [0.25, 0.3) is 0 Å². The highest BCUT2D eigenvalue weighted by molar-refractivity contribution is 9.10. The van der Waals surface area contributed by atoms with Crippen LogP contribution in [0.4, 0.5) is 13.2 Å². The van der Waals surface area contributed by atoms with Gasteiger partial charge in [-0.15, -0.1) is 0 Å². The number of rotatable bonds is 2. The van der Waals surface area contributed by atoms with Gasteiger partial charge in [-0.05, 0) is 18.2 Å². The third-order valence-corrected chi connectivity index (χ3v) is 2.70. The van der Waals surface area contributed by atoms with E-state index in [2.05, 4.69) is 21.1 Å². The molecule has 0 fully saturated rings. The highest BCUT2D eigenvalue weighted by Gasteiger charge is 2.31. The Morgan fingerprint density at radius 3 is 2.47 bits per heavy atom. The Bertz CT molecular complexity index is 636. The monoisotopic (exact) mass is 335 g/mol. The third-order valence-electron chi connectivity index (χ3n) is 2.24. The second-order valence-electron chi connectivity index (χ2n) is 3.61. The molecule has 0 saturated carbocycles. The second-order valence-corrected chi connectivity index (χ2v) is 4.52. The summed E-state index contributed by atoms with van der Waals surface area (Å²) in [4.78, 5) is 10.6. The number of alkyl halides is 3. The Morgan fingerprint density at radius 1 is 1.26 bits per heavy atom. The van der Waals surface area contributed by atoms with Crippen molar-refractivity contribution in [3.8, 4) is 11.3 Å². The third kappa shape index (κ3) is 2.95. The number of hydrogen-bond donors (Lipinski definition) is 1. The first-order valence-electron chi connectivity index (χ1n) is 4.85. The normalized spacial score (nSPS) is 11.6. The van der Waals surface area contributed by atoms with Crippen LogP contribution in [0.2, 0.25) is 0 Å². The molecule has 0 aliphatic rings. The summed E-state index contributed by atoms with van der Waals surface area (Å²) in [6.07, 6.45) is -4.51. The molecule has 0 bridgehead atoms. The fourth-order valence-corrected chi connectivity index (χ4v) is 1.90. The van der Waals surface area contributed by atoms with Crippen LogP contribution in [0.5, 0.6) is 0 Å². The highest BCUT2D eigenvalue weighted by atomic mass is 79.9. The minimum Gasteiger partial charge on any atom is -0.476 e. The first kappa shape index (κ1) is 13.6. The minimum atomic E-state index is -4.51. The van der Waals surface area contributed by atoms with Crippen LogP contribution in [-0.4, -0.2) is 16.2 Å². The van der Waals surface area contributed by atoms with E-state index in [1.54, 1.807) is 0 Å². The molecule has 1 N–H and O–H groups in total. The van der Waals surface area contributed by atoms with Crippen molar-refractivity contribution in [1.82, 2.24) is 5.16 Å². The molecule has 0 amide bonds. The lowest BCUT2D eigenvalue weighted by atomic mass is 10.1.